The molecule has 1 atom stereocenters. The highest BCUT2D eigenvalue weighted by Crippen LogP contribution is 2.29. The third kappa shape index (κ3) is 5.21. The van der Waals surface area contributed by atoms with Crippen LogP contribution in [0.4, 0.5) is 14.9 Å². The number of carbonyl (C=O) groups is 2. The number of benzene rings is 2. The summed E-state index contributed by atoms with van der Waals surface area (Å²) in [4.78, 5) is 29.6. The molecule has 0 spiro atoms. The molecule has 0 saturated carbocycles. The maximum Gasteiger partial charge on any atom is 0.407 e. The minimum Gasteiger partial charge on any atom is -0.465 e. The van der Waals surface area contributed by atoms with E-state index in [9.17, 15) is 27.5 Å². The van der Waals surface area contributed by atoms with Crippen molar-refractivity contribution < 1.29 is 27.5 Å². The Bertz CT molecular complexity index is 1240. The number of piperazine rings is 2. The van der Waals surface area contributed by atoms with E-state index in [1.807, 2.05) is 4.90 Å². The second-order valence-electron chi connectivity index (χ2n) is 8.56. The molecule has 2 aromatic carbocycles. The summed E-state index contributed by atoms with van der Waals surface area (Å²) >= 11 is 6.01. The standard InChI is InChI=1S/C23H26ClFN4O5S/c1-16-13-18(25)5-6-20(16)29-12-11-28(35(33,34)19-4-2-3-17(24)14-19)15-21(29)22(30)26-7-9-27(10-8-26)23(31)32/h2-6,13-14,21H,7-12,15H2,1H3,(H,31,32). The van der Waals surface area contributed by atoms with Gasteiger partial charge in [-0.15, -0.1) is 0 Å². The molecule has 0 aliphatic carbocycles. The molecule has 188 valence electrons. The zero-order valence-electron chi connectivity index (χ0n) is 19.1. The third-order valence-electron chi connectivity index (χ3n) is 6.39. The number of anilines is 1. The average molecular weight is 525 g/mol. The van der Waals surface area contributed by atoms with Crippen molar-refractivity contribution in [2.24, 2.45) is 0 Å². The zero-order valence-corrected chi connectivity index (χ0v) is 20.7. The van der Waals surface area contributed by atoms with E-state index in [4.69, 9.17) is 11.6 Å². The minimum atomic E-state index is -3.92. The van der Waals surface area contributed by atoms with Gasteiger partial charge >= 0.3 is 6.09 Å². The number of hydrogen-bond donors (Lipinski definition) is 1. The van der Waals surface area contributed by atoms with Gasteiger partial charge in [-0.2, -0.15) is 4.31 Å². The first-order valence-corrected chi connectivity index (χ1v) is 12.9. The number of carbonyl (C=O) groups excluding carboxylic acids is 1. The van der Waals surface area contributed by atoms with Gasteiger partial charge in [0.05, 0.1) is 4.90 Å². The first kappa shape index (κ1) is 25.2. The van der Waals surface area contributed by atoms with Crippen molar-refractivity contribution in [1.29, 1.82) is 0 Å². The molecular weight excluding hydrogens is 499 g/mol. The molecule has 4 rings (SSSR count). The molecule has 2 fully saturated rings. The number of hydrogen-bond acceptors (Lipinski definition) is 5. The van der Waals surface area contributed by atoms with Crippen molar-refractivity contribution in [2.75, 3.05) is 50.7 Å². The number of sulfonamides is 1. The first-order chi connectivity index (χ1) is 16.6. The molecule has 35 heavy (non-hydrogen) atoms. The van der Waals surface area contributed by atoms with Crippen molar-refractivity contribution in [3.63, 3.8) is 0 Å². The Labute approximate surface area is 208 Å². The van der Waals surface area contributed by atoms with Crippen molar-refractivity contribution in [2.45, 2.75) is 17.9 Å². The lowest BCUT2D eigenvalue weighted by molar-refractivity contribution is -0.134. The quantitative estimate of drug-likeness (QED) is 0.659. The molecular formula is C23H26ClFN4O5S. The van der Waals surface area contributed by atoms with E-state index in [0.717, 1.165) is 0 Å². The second-order valence-corrected chi connectivity index (χ2v) is 10.9. The Morgan fingerprint density at radius 3 is 2.31 bits per heavy atom. The third-order valence-corrected chi connectivity index (χ3v) is 8.49. The summed E-state index contributed by atoms with van der Waals surface area (Å²) in [6, 6.07) is 9.38. The van der Waals surface area contributed by atoms with Crippen LogP contribution in [0.2, 0.25) is 5.02 Å². The fourth-order valence-electron chi connectivity index (χ4n) is 4.52. The van der Waals surface area contributed by atoms with Crippen molar-refractivity contribution in [1.82, 2.24) is 14.1 Å². The minimum absolute atomic E-state index is 0.0395. The smallest absolute Gasteiger partial charge is 0.407 e. The van der Waals surface area contributed by atoms with Gasteiger partial charge in [-0.05, 0) is 48.9 Å². The molecule has 0 aromatic heterocycles. The molecule has 9 nitrogen and oxygen atoms in total. The summed E-state index contributed by atoms with van der Waals surface area (Å²) in [6.07, 6.45) is -1.04. The predicted octanol–water partition coefficient (Wildman–Crippen LogP) is 2.49. The lowest BCUT2D eigenvalue weighted by Gasteiger charge is -2.44. The Morgan fingerprint density at radius 1 is 1.00 bits per heavy atom. The van der Waals surface area contributed by atoms with Crippen LogP contribution in [-0.2, 0) is 14.8 Å². The molecule has 2 aliphatic rings. The number of halogens is 2. The van der Waals surface area contributed by atoms with E-state index in [1.54, 1.807) is 30.0 Å². The number of rotatable bonds is 4. The van der Waals surface area contributed by atoms with Gasteiger partial charge in [0.15, 0.2) is 0 Å². The molecule has 0 radical (unpaired) electrons. The molecule has 2 aromatic rings. The number of amides is 2. The molecule has 1 N–H and O–H groups in total. The Balaban J connectivity index is 1.64. The van der Waals surface area contributed by atoms with E-state index in [0.29, 0.717) is 11.3 Å². The van der Waals surface area contributed by atoms with Gasteiger partial charge in [0.1, 0.15) is 11.9 Å². The SMILES string of the molecule is Cc1cc(F)ccc1N1CCN(S(=O)(=O)c2cccc(Cl)c2)CC1C(=O)N1CCN(C(=O)O)CC1. The van der Waals surface area contributed by atoms with Gasteiger partial charge in [0, 0.05) is 56.5 Å². The summed E-state index contributed by atoms with van der Waals surface area (Å²) in [6.45, 7) is 2.74. The first-order valence-electron chi connectivity index (χ1n) is 11.1. The van der Waals surface area contributed by atoms with E-state index in [2.05, 4.69) is 0 Å². The van der Waals surface area contributed by atoms with Gasteiger partial charge in [-0.25, -0.2) is 17.6 Å². The van der Waals surface area contributed by atoms with Crippen LogP contribution in [0.5, 0.6) is 0 Å². The van der Waals surface area contributed by atoms with Gasteiger partial charge in [-0.3, -0.25) is 4.79 Å². The van der Waals surface area contributed by atoms with Crippen LogP contribution >= 0.6 is 11.6 Å². The van der Waals surface area contributed by atoms with Crippen LogP contribution in [0.15, 0.2) is 47.4 Å². The predicted molar refractivity (Wildman–Crippen MR) is 129 cm³/mol. The fraction of sp³-hybridized carbons (Fsp3) is 0.391. The molecule has 12 heteroatoms. The Morgan fingerprint density at radius 2 is 1.69 bits per heavy atom. The Kier molecular flexibility index (Phi) is 7.20. The van der Waals surface area contributed by atoms with Gasteiger partial charge < -0.3 is 19.8 Å². The summed E-state index contributed by atoms with van der Waals surface area (Å²) in [5.74, 6) is -0.703. The van der Waals surface area contributed by atoms with E-state index in [-0.39, 0.29) is 61.6 Å². The summed E-state index contributed by atoms with van der Waals surface area (Å²) in [5, 5.41) is 9.50. The number of aryl methyl sites for hydroxylation is 1. The molecule has 2 aliphatic heterocycles. The highest BCUT2D eigenvalue weighted by Gasteiger charge is 2.40. The van der Waals surface area contributed by atoms with Crippen molar-refractivity contribution >= 4 is 39.3 Å². The van der Waals surface area contributed by atoms with Gasteiger partial charge in [-0.1, -0.05) is 17.7 Å². The second kappa shape index (κ2) is 10.00. The molecule has 2 saturated heterocycles. The molecule has 2 heterocycles. The Hall–Kier alpha value is -2.89. The van der Waals surface area contributed by atoms with Gasteiger partial charge in [0.25, 0.3) is 0 Å². The van der Waals surface area contributed by atoms with E-state index < -0.39 is 28.0 Å². The van der Waals surface area contributed by atoms with E-state index in [1.165, 1.54) is 33.5 Å². The number of nitrogens with zero attached hydrogens (tertiary/aromatic N) is 4. The van der Waals surface area contributed by atoms with Gasteiger partial charge in [0.2, 0.25) is 15.9 Å². The van der Waals surface area contributed by atoms with Crippen LogP contribution < -0.4 is 4.90 Å². The van der Waals surface area contributed by atoms with Crippen LogP contribution in [0.1, 0.15) is 5.56 Å². The summed E-state index contributed by atoms with van der Waals surface area (Å²) < 4.78 is 41.7. The van der Waals surface area contributed by atoms with Crippen LogP contribution in [-0.4, -0.2) is 91.5 Å². The van der Waals surface area contributed by atoms with Crippen molar-refractivity contribution in [3.8, 4) is 0 Å². The maximum absolute atomic E-state index is 13.8. The highest BCUT2D eigenvalue weighted by atomic mass is 35.5. The van der Waals surface area contributed by atoms with Crippen LogP contribution in [0.25, 0.3) is 0 Å². The molecule has 2 amide bonds. The molecule has 1 unspecified atom stereocenters. The largest absolute Gasteiger partial charge is 0.465 e. The van der Waals surface area contributed by atoms with Crippen molar-refractivity contribution in [3.05, 3.63) is 58.9 Å². The van der Waals surface area contributed by atoms with E-state index >= 15 is 0 Å². The average Bonchev–Trinajstić information content (AvgIpc) is 2.83. The summed E-state index contributed by atoms with van der Waals surface area (Å²) in [5.41, 5.74) is 1.28. The number of carboxylic acid groups (broad SMARTS) is 1. The zero-order chi connectivity index (χ0) is 25.3. The van der Waals surface area contributed by atoms with Crippen LogP contribution in [0, 0.1) is 12.7 Å². The fourth-order valence-corrected chi connectivity index (χ4v) is 6.26. The lowest BCUT2D eigenvalue weighted by Crippen LogP contribution is -2.63. The van der Waals surface area contributed by atoms with Crippen LogP contribution in [0.3, 0.4) is 0 Å². The summed E-state index contributed by atoms with van der Waals surface area (Å²) in [7, 11) is -3.92. The highest BCUT2D eigenvalue weighted by molar-refractivity contribution is 7.89. The molecule has 0 bridgehead atoms. The monoisotopic (exact) mass is 524 g/mol. The maximum atomic E-state index is 13.8. The lowest BCUT2D eigenvalue weighted by atomic mass is 10.1. The normalized spacial score (nSPS) is 19.6. The topological polar surface area (TPSA) is 101 Å².